The second kappa shape index (κ2) is 7.27. The van der Waals surface area contributed by atoms with E-state index in [1.165, 1.54) is 19.3 Å². The summed E-state index contributed by atoms with van der Waals surface area (Å²) in [5.74, 6) is 2.19. The number of carbonyl (C=O) groups is 1. The normalized spacial score (nSPS) is 51.7. The van der Waals surface area contributed by atoms with Gasteiger partial charge in [-0.2, -0.15) is 0 Å². The monoisotopic (exact) mass is 391 g/mol. The lowest BCUT2D eigenvalue weighted by Crippen LogP contribution is -2.58. The largest absolute Gasteiger partial charge is 0.550 e. The molecule has 0 spiro atoms. The first-order valence-corrected chi connectivity index (χ1v) is 11.7. The highest BCUT2D eigenvalue weighted by molar-refractivity contribution is 5.64. The Kier molecular flexibility index (Phi) is 5.36. The number of carbonyl (C=O) groups excluding carboxylic acids is 1. The fourth-order valence-electron chi connectivity index (χ4n) is 8.71. The van der Waals surface area contributed by atoms with Crippen molar-refractivity contribution in [3.05, 3.63) is 0 Å². The molecule has 4 nitrogen and oxygen atoms in total. The number of aliphatic hydroxyl groups excluding tert-OH is 2. The van der Waals surface area contributed by atoms with Gasteiger partial charge in [-0.05, 0) is 111 Å². The van der Waals surface area contributed by atoms with Crippen molar-refractivity contribution in [1.82, 2.24) is 0 Å². The van der Waals surface area contributed by atoms with Gasteiger partial charge in [0, 0.05) is 5.97 Å². The summed E-state index contributed by atoms with van der Waals surface area (Å²) < 4.78 is 0. The zero-order chi connectivity index (χ0) is 20.3. The maximum Gasteiger partial charge on any atom is 0.0602 e. The van der Waals surface area contributed by atoms with Gasteiger partial charge in [-0.3, -0.25) is 0 Å². The van der Waals surface area contributed by atoms with Crippen molar-refractivity contribution in [2.24, 2.45) is 46.3 Å². The number of rotatable bonds is 4. The van der Waals surface area contributed by atoms with Gasteiger partial charge < -0.3 is 20.1 Å². The van der Waals surface area contributed by atoms with E-state index in [-0.39, 0.29) is 29.5 Å². The number of aliphatic hydroxyl groups is 2. The first-order valence-electron chi connectivity index (χ1n) is 11.7. The minimum absolute atomic E-state index is 0.0795. The average molecular weight is 392 g/mol. The van der Waals surface area contributed by atoms with Crippen molar-refractivity contribution >= 4 is 5.97 Å². The number of carboxylic acid groups (broad SMARTS) is 1. The van der Waals surface area contributed by atoms with Gasteiger partial charge >= 0.3 is 0 Å². The molecule has 0 aromatic rings. The number of fused-ring (bicyclic) bond motifs is 5. The van der Waals surface area contributed by atoms with Gasteiger partial charge in [0.15, 0.2) is 0 Å². The molecule has 5 unspecified atom stereocenters. The maximum atomic E-state index is 11.5. The van der Waals surface area contributed by atoms with Crippen molar-refractivity contribution in [2.75, 3.05) is 0 Å². The Morgan fingerprint density at radius 1 is 1.07 bits per heavy atom. The molecule has 4 fully saturated rings. The topological polar surface area (TPSA) is 80.6 Å². The van der Waals surface area contributed by atoms with Gasteiger partial charge in [0.1, 0.15) is 0 Å². The molecule has 0 radical (unpaired) electrons. The smallest absolute Gasteiger partial charge is 0.0602 e. The number of carboxylic acids is 1. The molecule has 4 saturated carbocycles. The predicted molar refractivity (Wildman–Crippen MR) is 106 cm³/mol. The fourth-order valence-corrected chi connectivity index (χ4v) is 8.71. The summed E-state index contributed by atoms with van der Waals surface area (Å²) in [6, 6.07) is 0. The van der Waals surface area contributed by atoms with Gasteiger partial charge in [0.25, 0.3) is 0 Å². The highest BCUT2D eigenvalue weighted by Gasteiger charge is 2.63. The molecule has 160 valence electrons. The quantitative estimate of drug-likeness (QED) is 0.771. The van der Waals surface area contributed by atoms with Crippen molar-refractivity contribution in [1.29, 1.82) is 0 Å². The van der Waals surface area contributed by atoms with Crippen molar-refractivity contribution in [2.45, 2.75) is 97.2 Å². The Morgan fingerprint density at radius 2 is 1.82 bits per heavy atom. The van der Waals surface area contributed by atoms with Crippen LogP contribution < -0.4 is 5.11 Å². The summed E-state index contributed by atoms with van der Waals surface area (Å²) in [5.41, 5.74) is 0.188. The molecule has 0 aromatic heterocycles. The second-order valence-corrected chi connectivity index (χ2v) is 11.3. The zero-order valence-electron chi connectivity index (χ0n) is 17.9. The molecule has 10 atom stereocenters. The lowest BCUT2D eigenvalue weighted by Gasteiger charge is -2.62. The summed E-state index contributed by atoms with van der Waals surface area (Å²) in [6.45, 7) is 6.94. The lowest BCUT2D eigenvalue weighted by atomic mass is 9.43. The molecule has 0 saturated heterocycles. The summed E-state index contributed by atoms with van der Waals surface area (Å²) in [6.07, 6.45) is 8.98. The van der Waals surface area contributed by atoms with E-state index < -0.39 is 5.97 Å². The van der Waals surface area contributed by atoms with Crippen LogP contribution in [0.5, 0.6) is 0 Å². The molecule has 0 aliphatic heterocycles. The third kappa shape index (κ3) is 3.05. The van der Waals surface area contributed by atoms with Crippen molar-refractivity contribution < 1.29 is 20.1 Å². The van der Waals surface area contributed by atoms with E-state index in [2.05, 4.69) is 20.8 Å². The van der Waals surface area contributed by atoms with Crippen LogP contribution in [0.1, 0.15) is 85.0 Å². The molecule has 4 aliphatic rings. The van der Waals surface area contributed by atoms with Crippen LogP contribution in [0, 0.1) is 46.3 Å². The fraction of sp³-hybridized carbons (Fsp3) is 0.958. The molecular weight excluding hydrogens is 352 g/mol. The van der Waals surface area contributed by atoms with Crippen LogP contribution >= 0.6 is 0 Å². The molecule has 4 aliphatic carbocycles. The Labute approximate surface area is 170 Å². The molecule has 0 heterocycles. The predicted octanol–water partition coefficient (Wildman–Crippen LogP) is 3.14. The standard InChI is InChI=1S/C24H40O4/c1-14(4-9-22(27)28)18-7-8-19-17-6-5-15-12-16(25)10-11-23(15,2)20(17)13-21(26)24(18,19)3/h14-21,25-26H,4-13H2,1-3H3,(H,27,28)/p-1/t14-,15?,16-,17?,18?,19?,20?,21+,23+,24-/m1/s1. The van der Waals surface area contributed by atoms with Gasteiger partial charge in [0.05, 0.1) is 12.2 Å². The first kappa shape index (κ1) is 20.7. The van der Waals surface area contributed by atoms with E-state index in [1.807, 2.05) is 0 Å². The minimum Gasteiger partial charge on any atom is -0.550 e. The van der Waals surface area contributed by atoms with Crippen LogP contribution in [-0.2, 0) is 4.79 Å². The van der Waals surface area contributed by atoms with E-state index in [0.29, 0.717) is 41.9 Å². The van der Waals surface area contributed by atoms with Gasteiger partial charge in [-0.15, -0.1) is 0 Å². The van der Waals surface area contributed by atoms with Gasteiger partial charge in [-0.25, -0.2) is 0 Å². The summed E-state index contributed by atoms with van der Waals surface area (Å²) in [5, 5.41) is 32.6. The molecule has 2 N–H and O–H groups in total. The third-order valence-corrected chi connectivity index (χ3v) is 10.3. The Hall–Kier alpha value is -0.610. The zero-order valence-corrected chi connectivity index (χ0v) is 17.9. The molecular formula is C24H39O4-. The minimum atomic E-state index is -0.957. The highest BCUT2D eigenvalue weighted by atomic mass is 16.4. The van der Waals surface area contributed by atoms with E-state index in [1.54, 1.807) is 0 Å². The maximum absolute atomic E-state index is 11.5. The average Bonchev–Trinajstić information content (AvgIpc) is 3.00. The van der Waals surface area contributed by atoms with Crippen LogP contribution in [0.2, 0.25) is 0 Å². The first-order chi connectivity index (χ1) is 13.2. The van der Waals surface area contributed by atoms with Crippen LogP contribution in [0.15, 0.2) is 0 Å². The summed E-state index contributed by atoms with van der Waals surface area (Å²) in [4.78, 5) is 10.9. The molecule has 4 heteroatoms. The van der Waals surface area contributed by atoms with Crippen LogP contribution in [0.3, 0.4) is 0 Å². The Bertz CT molecular complexity index is 605. The van der Waals surface area contributed by atoms with Crippen LogP contribution in [0.4, 0.5) is 0 Å². The molecule has 0 amide bonds. The SMILES string of the molecule is C[C@H](CCC(=O)[O-])C1CCC2C3CCC4C[C@H](O)CC[C@]4(C)C3C[C@H](O)[C@@]21C. The summed E-state index contributed by atoms with van der Waals surface area (Å²) >= 11 is 0. The molecule has 0 aromatic carbocycles. The number of hydrogen-bond donors (Lipinski definition) is 2. The van der Waals surface area contributed by atoms with Gasteiger partial charge in [0.2, 0.25) is 0 Å². The molecule has 4 rings (SSSR count). The van der Waals surface area contributed by atoms with Crippen LogP contribution in [-0.4, -0.2) is 28.4 Å². The number of hydrogen-bond acceptors (Lipinski definition) is 4. The Morgan fingerprint density at radius 3 is 2.54 bits per heavy atom. The van der Waals surface area contributed by atoms with Gasteiger partial charge in [-0.1, -0.05) is 20.8 Å². The highest BCUT2D eigenvalue weighted by Crippen LogP contribution is 2.68. The van der Waals surface area contributed by atoms with Crippen molar-refractivity contribution in [3.63, 3.8) is 0 Å². The molecule has 28 heavy (non-hydrogen) atoms. The third-order valence-electron chi connectivity index (χ3n) is 10.3. The van der Waals surface area contributed by atoms with E-state index >= 15 is 0 Å². The van der Waals surface area contributed by atoms with Crippen molar-refractivity contribution in [3.8, 4) is 0 Å². The lowest BCUT2D eigenvalue weighted by molar-refractivity contribution is -0.306. The molecule has 0 bridgehead atoms. The Balaban J connectivity index is 1.56. The second-order valence-electron chi connectivity index (χ2n) is 11.3. The number of aliphatic carboxylic acids is 1. The van der Waals surface area contributed by atoms with E-state index in [0.717, 1.165) is 32.1 Å². The van der Waals surface area contributed by atoms with E-state index in [4.69, 9.17) is 0 Å². The summed E-state index contributed by atoms with van der Waals surface area (Å²) in [7, 11) is 0. The van der Waals surface area contributed by atoms with Crippen LogP contribution in [0.25, 0.3) is 0 Å². The van der Waals surface area contributed by atoms with E-state index in [9.17, 15) is 20.1 Å².